The lowest BCUT2D eigenvalue weighted by Gasteiger charge is -2.11. The zero-order valence-corrected chi connectivity index (χ0v) is 13.5. The summed E-state index contributed by atoms with van der Waals surface area (Å²) in [5.74, 6) is -1.34. The van der Waals surface area contributed by atoms with Crippen LogP contribution in [0.2, 0.25) is 0 Å². The first-order chi connectivity index (χ1) is 11.7. The van der Waals surface area contributed by atoms with Crippen molar-refractivity contribution in [2.45, 2.75) is 12.7 Å². The van der Waals surface area contributed by atoms with E-state index in [1.165, 1.54) is 26.4 Å². The number of aromatic nitrogens is 3. The molecule has 1 amide bonds. The molecule has 25 heavy (non-hydrogen) atoms. The molecular weight excluding hydrogens is 345 g/mol. The van der Waals surface area contributed by atoms with Crippen molar-refractivity contribution in [1.82, 2.24) is 14.3 Å². The van der Waals surface area contributed by atoms with Gasteiger partial charge in [0.1, 0.15) is 18.0 Å². The van der Waals surface area contributed by atoms with E-state index in [-0.39, 0.29) is 11.4 Å². The number of amides is 1. The summed E-state index contributed by atoms with van der Waals surface area (Å²) in [6.07, 6.45) is -4.80. The normalized spacial score (nSPS) is 11.3. The van der Waals surface area contributed by atoms with Gasteiger partial charge >= 0.3 is 11.9 Å². The van der Waals surface area contributed by atoms with E-state index in [0.29, 0.717) is 15.0 Å². The number of rotatable bonds is 5. The van der Waals surface area contributed by atoms with Crippen LogP contribution in [0.4, 0.5) is 18.9 Å². The number of hydrogen-bond donors (Lipinski definition) is 1. The second-order valence-electron chi connectivity index (χ2n) is 4.93. The highest BCUT2D eigenvalue weighted by Crippen LogP contribution is 2.29. The third-order valence-corrected chi connectivity index (χ3v) is 3.27. The lowest BCUT2D eigenvalue weighted by atomic mass is 10.2. The van der Waals surface area contributed by atoms with Crippen LogP contribution in [-0.2, 0) is 24.6 Å². The number of benzene rings is 1. The maximum Gasteiger partial charge on any atom is 0.451 e. The Labute approximate surface area is 139 Å². The molecule has 0 radical (unpaired) electrons. The van der Waals surface area contributed by atoms with Gasteiger partial charge in [-0.05, 0) is 12.1 Å². The third-order valence-electron chi connectivity index (χ3n) is 3.27. The van der Waals surface area contributed by atoms with Gasteiger partial charge in [0.15, 0.2) is 0 Å². The maximum absolute atomic E-state index is 12.7. The smallest absolute Gasteiger partial charge is 0.451 e. The van der Waals surface area contributed by atoms with Crippen molar-refractivity contribution >= 4 is 11.6 Å². The highest BCUT2D eigenvalue weighted by Gasteiger charge is 2.38. The summed E-state index contributed by atoms with van der Waals surface area (Å²) in [5.41, 5.74) is -0.780. The number of carbonyl (C=O) groups excluding carboxylic acids is 1. The van der Waals surface area contributed by atoms with Crippen molar-refractivity contribution in [3.8, 4) is 11.5 Å². The standard InChI is InChI=1S/C14H15F3N4O4/c1-20-12(14(15,16)17)19-21(13(20)23)7-11(22)18-9-5-4-8(24-2)6-10(9)25-3/h4-6H,7H2,1-3H3,(H,18,22). The van der Waals surface area contributed by atoms with Gasteiger partial charge in [0.25, 0.3) is 0 Å². The minimum atomic E-state index is -4.80. The van der Waals surface area contributed by atoms with Crippen LogP contribution in [0.3, 0.4) is 0 Å². The number of anilines is 1. The Morgan fingerprint density at radius 3 is 2.48 bits per heavy atom. The molecule has 2 rings (SSSR count). The first-order valence-corrected chi connectivity index (χ1v) is 6.90. The number of halogens is 3. The quantitative estimate of drug-likeness (QED) is 0.867. The summed E-state index contributed by atoms with van der Waals surface area (Å²) in [6, 6.07) is 4.58. The van der Waals surface area contributed by atoms with Crippen molar-refractivity contribution in [1.29, 1.82) is 0 Å². The van der Waals surface area contributed by atoms with E-state index in [9.17, 15) is 22.8 Å². The molecule has 1 N–H and O–H groups in total. The van der Waals surface area contributed by atoms with E-state index in [0.717, 1.165) is 7.05 Å². The first kappa shape index (κ1) is 18.4. The fourth-order valence-corrected chi connectivity index (χ4v) is 2.07. The van der Waals surface area contributed by atoms with Gasteiger partial charge in [0, 0.05) is 13.1 Å². The molecular formula is C14H15F3N4O4. The third kappa shape index (κ3) is 3.92. The molecule has 1 aromatic heterocycles. The van der Waals surface area contributed by atoms with E-state index in [2.05, 4.69) is 10.4 Å². The Morgan fingerprint density at radius 1 is 1.28 bits per heavy atom. The average molecular weight is 360 g/mol. The summed E-state index contributed by atoms with van der Waals surface area (Å²) >= 11 is 0. The number of alkyl halides is 3. The lowest BCUT2D eigenvalue weighted by molar-refractivity contribution is -0.147. The molecule has 0 unspecified atom stereocenters. The molecule has 0 spiro atoms. The van der Waals surface area contributed by atoms with Gasteiger partial charge in [0.2, 0.25) is 11.7 Å². The molecule has 0 fully saturated rings. The number of methoxy groups -OCH3 is 2. The summed E-state index contributed by atoms with van der Waals surface area (Å²) < 4.78 is 49.1. The summed E-state index contributed by atoms with van der Waals surface area (Å²) in [7, 11) is 3.76. The van der Waals surface area contributed by atoms with Crippen LogP contribution in [0.15, 0.2) is 23.0 Å². The van der Waals surface area contributed by atoms with Gasteiger partial charge in [-0.15, -0.1) is 5.10 Å². The monoisotopic (exact) mass is 360 g/mol. The van der Waals surface area contributed by atoms with Gasteiger partial charge in [-0.25, -0.2) is 9.48 Å². The topological polar surface area (TPSA) is 87.4 Å². The van der Waals surface area contributed by atoms with Gasteiger partial charge in [0.05, 0.1) is 19.9 Å². The molecule has 136 valence electrons. The summed E-state index contributed by atoms with van der Waals surface area (Å²) in [4.78, 5) is 23.8. The molecule has 1 aromatic carbocycles. The molecule has 0 saturated carbocycles. The van der Waals surface area contributed by atoms with Gasteiger partial charge in [-0.2, -0.15) is 13.2 Å². The Balaban J connectivity index is 2.20. The predicted molar refractivity (Wildman–Crippen MR) is 80.6 cm³/mol. The second kappa shape index (κ2) is 6.87. The maximum atomic E-state index is 12.7. The van der Waals surface area contributed by atoms with Crippen LogP contribution in [0.25, 0.3) is 0 Å². The Morgan fingerprint density at radius 2 is 1.96 bits per heavy atom. The van der Waals surface area contributed by atoms with Crippen LogP contribution in [0.5, 0.6) is 11.5 Å². The molecule has 1 heterocycles. The zero-order valence-electron chi connectivity index (χ0n) is 13.5. The molecule has 0 aliphatic rings. The molecule has 0 aliphatic carbocycles. The van der Waals surface area contributed by atoms with Crippen LogP contribution in [-0.4, -0.2) is 34.5 Å². The van der Waals surface area contributed by atoms with Crippen molar-refractivity contribution in [2.24, 2.45) is 7.05 Å². The summed E-state index contributed by atoms with van der Waals surface area (Å²) in [5, 5.41) is 5.61. The molecule has 11 heteroatoms. The second-order valence-corrected chi connectivity index (χ2v) is 4.93. The molecule has 0 aliphatic heterocycles. The zero-order chi connectivity index (χ0) is 18.8. The molecule has 0 atom stereocenters. The Kier molecular flexibility index (Phi) is 5.04. The minimum absolute atomic E-state index is 0.272. The fourth-order valence-electron chi connectivity index (χ4n) is 2.07. The van der Waals surface area contributed by atoms with E-state index in [1.54, 1.807) is 6.07 Å². The Hall–Kier alpha value is -2.98. The minimum Gasteiger partial charge on any atom is -0.497 e. The molecule has 0 bridgehead atoms. The van der Waals surface area contributed by atoms with Crippen molar-refractivity contribution in [2.75, 3.05) is 19.5 Å². The van der Waals surface area contributed by atoms with Crippen LogP contribution < -0.4 is 20.5 Å². The van der Waals surface area contributed by atoms with Crippen LogP contribution in [0, 0.1) is 0 Å². The van der Waals surface area contributed by atoms with Gasteiger partial charge in [-0.1, -0.05) is 0 Å². The fraction of sp³-hybridized carbons (Fsp3) is 0.357. The number of hydrogen-bond acceptors (Lipinski definition) is 5. The number of nitrogens with zero attached hydrogens (tertiary/aromatic N) is 3. The van der Waals surface area contributed by atoms with E-state index < -0.39 is 30.1 Å². The largest absolute Gasteiger partial charge is 0.497 e. The van der Waals surface area contributed by atoms with Crippen molar-refractivity contribution < 1.29 is 27.4 Å². The van der Waals surface area contributed by atoms with E-state index in [1.807, 2.05) is 0 Å². The van der Waals surface area contributed by atoms with Gasteiger partial charge < -0.3 is 14.8 Å². The number of ether oxygens (including phenoxy) is 2. The van der Waals surface area contributed by atoms with Crippen LogP contribution >= 0.6 is 0 Å². The van der Waals surface area contributed by atoms with Crippen LogP contribution in [0.1, 0.15) is 5.82 Å². The van der Waals surface area contributed by atoms with Crippen molar-refractivity contribution in [3.05, 3.63) is 34.5 Å². The van der Waals surface area contributed by atoms with Gasteiger partial charge in [-0.3, -0.25) is 9.36 Å². The molecule has 0 saturated heterocycles. The van der Waals surface area contributed by atoms with E-state index in [4.69, 9.17) is 9.47 Å². The highest BCUT2D eigenvalue weighted by molar-refractivity contribution is 5.92. The lowest BCUT2D eigenvalue weighted by Crippen LogP contribution is -2.29. The number of nitrogens with one attached hydrogen (secondary N) is 1. The molecule has 2 aromatic rings. The highest BCUT2D eigenvalue weighted by atomic mass is 19.4. The molecule has 8 nitrogen and oxygen atoms in total. The average Bonchev–Trinajstić information content (AvgIpc) is 2.83. The number of carbonyl (C=O) groups is 1. The van der Waals surface area contributed by atoms with E-state index >= 15 is 0 Å². The predicted octanol–water partition coefficient (Wildman–Crippen LogP) is 1.26. The first-order valence-electron chi connectivity index (χ1n) is 6.90. The Bertz CT molecular complexity index is 842. The summed E-state index contributed by atoms with van der Waals surface area (Å²) in [6.45, 7) is -0.683. The van der Waals surface area contributed by atoms with Crippen molar-refractivity contribution in [3.63, 3.8) is 0 Å². The SMILES string of the molecule is COc1ccc(NC(=O)Cn2nc(C(F)(F)F)n(C)c2=O)c(OC)c1.